The van der Waals surface area contributed by atoms with E-state index in [4.69, 9.17) is 11.5 Å². The highest BCUT2D eigenvalue weighted by atomic mass is 32.1. The summed E-state index contributed by atoms with van der Waals surface area (Å²) in [6.07, 6.45) is 1.66. The van der Waals surface area contributed by atoms with Crippen molar-refractivity contribution >= 4 is 36.3 Å². The molecule has 32 heavy (non-hydrogen) atoms. The molecule has 1 rings (SSSR count). The molecule has 10 nitrogen and oxygen atoms in total. The van der Waals surface area contributed by atoms with Gasteiger partial charge in [0.25, 0.3) is 0 Å². The molecule has 1 aromatic rings. The van der Waals surface area contributed by atoms with Crippen LogP contribution in [0.2, 0.25) is 0 Å². The summed E-state index contributed by atoms with van der Waals surface area (Å²) in [4.78, 5) is 48.9. The van der Waals surface area contributed by atoms with E-state index < -0.39 is 47.9 Å². The monoisotopic (exact) mass is 467 g/mol. The third kappa shape index (κ3) is 9.67. The van der Waals surface area contributed by atoms with Crippen LogP contribution >= 0.6 is 12.6 Å². The van der Waals surface area contributed by atoms with Crippen molar-refractivity contribution in [3.63, 3.8) is 0 Å². The summed E-state index contributed by atoms with van der Waals surface area (Å²) < 4.78 is 0. The van der Waals surface area contributed by atoms with Gasteiger partial charge in [0.05, 0.1) is 6.04 Å². The van der Waals surface area contributed by atoms with Crippen molar-refractivity contribution in [2.24, 2.45) is 11.5 Å². The molecule has 0 fully saturated rings. The molecular weight excluding hydrogens is 434 g/mol. The number of amides is 3. The van der Waals surface area contributed by atoms with Crippen LogP contribution in [0.5, 0.6) is 0 Å². The number of nitrogens with one attached hydrogen (secondary N) is 3. The lowest BCUT2D eigenvalue weighted by atomic mass is 10.1. The van der Waals surface area contributed by atoms with Crippen molar-refractivity contribution in [3.8, 4) is 0 Å². The number of benzene rings is 1. The van der Waals surface area contributed by atoms with Gasteiger partial charge in [0, 0.05) is 12.2 Å². The van der Waals surface area contributed by atoms with E-state index >= 15 is 0 Å². The summed E-state index contributed by atoms with van der Waals surface area (Å²) in [6.45, 7) is 1.88. The van der Waals surface area contributed by atoms with Gasteiger partial charge < -0.3 is 32.5 Å². The molecule has 1 aromatic carbocycles. The highest BCUT2D eigenvalue weighted by Gasteiger charge is 2.28. The SMILES string of the molecule is CC(NC(=O)C(CCCCN)NC(=O)C(N)CS)C(=O)NC(Cc1ccccc1)C(=O)O. The minimum absolute atomic E-state index is 0.0992. The van der Waals surface area contributed by atoms with Crippen LogP contribution in [0, 0.1) is 0 Å². The summed E-state index contributed by atoms with van der Waals surface area (Å²) >= 11 is 3.98. The number of carboxylic acid groups (broad SMARTS) is 1. The third-order valence-corrected chi connectivity index (χ3v) is 5.16. The topological polar surface area (TPSA) is 177 Å². The Bertz CT molecular complexity index is 764. The Labute approximate surface area is 193 Å². The second kappa shape index (κ2) is 14.4. The molecule has 8 N–H and O–H groups in total. The van der Waals surface area contributed by atoms with Gasteiger partial charge >= 0.3 is 5.97 Å². The van der Waals surface area contributed by atoms with Crippen molar-refractivity contribution in [2.45, 2.75) is 56.8 Å². The van der Waals surface area contributed by atoms with Crippen LogP contribution in [0.25, 0.3) is 0 Å². The van der Waals surface area contributed by atoms with Gasteiger partial charge in [-0.25, -0.2) is 4.79 Å². The van der Waals surface area contributed by atoms with E-state index in [1.54, 1.807) is 30.3 Å². The van der Waals surface area contributed by atoms with Crippen LogP contribution in [0.4, 0.5) is 0 Å². The highest BCUT2D eigenvalue weighted by molar-refractivity contribution is 7.80. The number of thiol groups is 1. The number of hydrogen-bond acceptors (Lipinski definition) is 7. The van der Waals surface area contributed by atoms with Crippen LogP contribution < -0.4 is 27.4 Å². The molecule has 0 aromatic heterocycles. The predicted octanol–water partition coefficient (Wildman–Crippen LogP) is -0.826. The lowest BCUT2D eigenvalue weighted by Gasteiger charge is -2.23. The number of nitrogens with two attached hydrogens (primary N) is 2. The van der Waals surface area contributed by atoms with Gasteiger partial charge in [-0.2, -0.15) is 12.6 Å². The number of aliphatic carboxylic acids is 1. The first kappa shape index (κ1) is 27.4. The predicted molar refractivity (Wildman–Crippen MR) is 124 cm³/mol. The van der Waals surface area contributed by atoms with Gasteiger partial charge in [-0.3, -0.25) is 14.4 Å². The fourth-order valence-electron chi connectivity index (χ4n) is 2.85. The summed E-state index contributed by atoms with van der Waals surface area (Å²) in [5.74, 6) is -2.83. The van der Waals surface area contributed by atoms with E-state index in [2.05, 4.69) is 28.6 Å². The number of carboxylic acids is 1. The Hall–Kier alpha value is -2.63. The lowest BCUT2D eigenvalue weighted by Crippen LogP contribution is -2.56. The number of hydrogen-bond donors (Lipinski definition) is 7. The van der Waals surface area contributed by atoms with Gasteiger partial charge in [0.1, 0.15) is 18.1 Å². The summed E-state index contributed by atoms with van der Waals surface area (Å²) in [5.41, 5.74) is 11.9. The van der Waals surface area contributed by atoms with Crippen molar-refractivity contribution in [1.29, 1.82) is 0 Å². The number of rotatable bonds is 14. The van der Waals surface area contributed by atoms with Crippen molar-refractivity contribution < 1.29 is 24.3 Å². The van der Waals surface area contributed by atoms with Crippen molar-refractivity contribution in [2.75, 3.05) is 12.3 Å². The zero-order valence-electron chi connectivity index (χ0n) is 18.1. The average Bonchev–Trinajstić information content (AvgIpc) is 2.77. The van der Waals surface area contributed by atoms with Crippen LogP contribution in [-0.4, -0.2) is 65.3 Å². The summed E-state index contributed by atoms with van der Waals surface area (Å²) in [7, 11) is 0. The second-order valence-corrected chi connectivity index (χ2v) is 7.82. The zero-order valence-corrected chi connectivity index (χ0v) is 19.0. The number of carbonyl (C=O) groups excluding carboxylic acids is 3. The summed E-state index contributed by atoms with van der Waals surface area (Å²) in [5, 5.41) is 17.0. The minimum atomic E-state index is -1.19. The summed E-state index contributed by atoms with van der Waals surface area (Å²) in [6, 6.07) is 4.92. The maximum absolute atomic E-state index is 12.7. The minimum Gasteiger partial charge on any atom is -0.480 e. The molecule has 178 valence electrons. The molecule has 4 atom stereocenters. The van der Waals surface area contributed by atoms with Gasteiger partial charge in [-0.1, -0.05) is 30.3 Å². The molecule has 0 aliphatic rings. The van der Waals surface area contributed by atoms with Crippen molar-refractivity contribution in [1.82, 2.24) is 16.0 Å². The smallest absolute Gasteiger partial charge is 0.326 e. The molecule has 11 heteroatoms. The molecular formula is C21H33N5O5S. The zero-order chi connectivity index (χ0) is 24.1. The Morgan fingerprint density at radius 1 is 0.969 bits per heavy atom. The molecule has 0 spiro atoms. The molecule has 0 saturated carbocycles. The van der Waals surface area contributed by atoms with Gasteiger partial charge in [-0.05, 0) is 38.3 Å². The fourth-order valence-corrected chi connectivity index (χ4v) is 3.02. The molecule has 3 amide bonds. The third-order valence-electron chi connectivity index (χ3n) is 4.76. The Kier molecular flexibility index (Phi) is 12.4. The maximum Gasteiger partial charge on any atom is 0.326 e. The highest BCUT2D eigenvalue weighted by Crippen LogP contribution is 2.05. The van der Waals surface area contributed by atoms with E-state index in [1.165, 1.54) is 6.92 Å². The molecule has 0 radical (unpaired) electrons. The van der Waals surface area contributed by atoms with Crippen LogP contribution in [0.1, 0.15) is 31.7 Å². The van der Waals surface area contributed by atoms with E-state index in [-0.39, 0.29) is 12.2 Å². The van der Waals surface area contributed by atoms with Gasteiger partial charge in [0.2, 0.25) is 17.7 Å². The Morgan fingerprint density at radius 2 is 1.59 bits per heavy atom. The molecule has 0 saturated heterocycles. The van der Waals surface area contributed by atoms with Crippen LogP contribution in [0.15, 0.2) is 30.3 Å². The molecule has 0 aliphatic carbocycles. The normalized spacial score (nSPS) is 14.5. The molecule has 0 bridgehead atoms. The number of unbranched alkanes of at least 4 members (excludes halogenated alkanes) is 1. The maximum atomic E-state index is 12.7. The van der Waals surface area contributed by atoms with E-state index in [1.807, 2.05) is 0 Å². The Morgan fingerprint density at radius 3 is 2.16 bits per heavy atom. The van der Waals surface area contributed by atoms with Gasteiger partial charge in [-0.15, -0.1) is 0 Å². The first-order chi connectivity index (χ1) is 15.2. The fraction of sp³-hybridized carbons (Fsp3) is 0.524. The van der Waals surface area contributed by atoms with E-state index in [0.29, 0.717) is 25.8 Å². The standard InChI is InChI=1S/C21H33N5O5S/c1-13(18(27)26-17(21(30)31)11-14-7-3-2-4-8-14)24-20(29)16(9-5-6-10-22)25-19(28)15(23)12-32/h2-4,7-8,13,15-17,32H,5-6,9-12,22-23H2,1H3,(H,24,29)(H,25,28)(H,26,27)(H,30,31). The van der Waals surface area contributed by atoms with Crippen LogP contribution in [0.3, 0.4) is 0 Å². The lowest BCUT2D eigenvalue weighted by molar-refractivity contribution is -0.142. The molecule has 0 heterocycles. The van der Waals surface area contributed by atoms with E-state index in [9.17, 15) is 24.3 Å². The average molecular weight is 468 g/mol. The van der Waals surface area contributed by atoms with Crippen molar-refractivity contribution in [3.05, 3.63) is 35.9 Å². The first-order valence-corrected chi connectivity index (χ1v) is 11.1. The molecule has 4 unspecified atom stereocenters. The molecule has 0 aliphatic heterocycles. The van der Waals surface area contributed by atoms with Crippen LogP contribution in [-0.2, 0) is 25.6 Å². The largest absolute Gasteiger partial charge is 0.480 e. The first-order valence-electron chi connectivity index (χ1n) is 10.4. The second-order valence-electron chi connectivity index (χ2n) is 7.45. The van der Waals surface area contributed by atoms with E-state index in [0.717, 1.165) is 5.56 Å². The quantitative estimate of drug-likeness (QED) is 0.138. The van der Waals surface area contributed by atoms with Gasteiger partial charge in [0.15, 0.2) is 0 Å². The number of carbonyl (C=O) groups is 4. The Balaban J connectivity index is 2.75.